The normalized spacial score (nSPS) is 21.4. The zero-order valence-corrected chi connectivity index (χ0v) is 6.77. The van der Waals surface area contributed by atoms with Crippen LogP contribution in [0.3, 0.4) is 0 Å². The van der Waals surface area contributed by atoms with Crippen molar-refractivity contribution in [1.29, 1.82) is 5.26 Å². The number of nitriles is 1. The monoisotopic (exact) mass is 147 g/mol. The Morgan fingerprint density at radius 2 is 1.91 bits per heavy atom. The molecule has 0 spiro atoms. The van der Waals surface area contributed by atoms with Gasteiger partial charge in [-0.1, -0.05) is 25.8 Å². The van der Waals surface area contributed by atoms with Crippen molar-refractivity contribution < 1.29 is 0 Å². The van der Waals surface area contributed by atoms with E-state index in [1.165, 1.54) is 19.3 Å². The van der Waals surface area contributed by atoms with Crippen LogP contribution in [0.4, 0.5) is 0 Å². The lowest BCUT2D eigenvalue weighted by atomic mass is 9.75. The van der Waals surface area contributed by atoms with Crippen molar-refractivity contribution in [3.05, 3.63) is 18.4 Å². The quantitative estimate of drug-likeness (QED) is 0.523. The van der Waals surface area contributed by atoms with Crippen molar-refractivity contribution in [1.82, 2.24) is 0 Å². The minimum absolute atomic E-state index is 0.222. The zero-order valence-electron chi connectivity index (χ0n) is 6.77. The van der Waals surface area contributed by atoms with E-state index < -0.39 is 0 Å². The molecule has 0 radical (unpaired) electrons. The third kappa shape index (κ3) is 1.73. The van der Waals surface area contributed by atoms with E-state index in [4.69, 9.17) is 5.26 Å². The van der Waals surface area contributed by atoms with Gasteiger partial charge in [0, 0.05) is 0 Å². The number of hydrogen-bond donors (Lipinski definition) is 0. The van der Waals surface area contributed by atoms with Gasteiger partial charge >= 0.3 is 0 Å². The van der Waals surface area contributed by atoms with Gasteiger partial charge in [-0.15, -0.1) is 5.73 Å². The Hall–Kier alpha value is -0.990. The predicted octanol–water partition coefficient (Wildman–Crippen LogP) is 2.80. The first-order valence-corrected chi connectivity index (χ1v) is 4.11. The Labute approximate surface area is 68.0 Å². The first-order chi connectivity index (χ1) is 5.33. The maximum Gasteiger partial charge on any atom is 0.0826 e. The molecule has 1 nitrogen and oxygen atoms in total. The van der Waals surface area contributed by atoms with Gasteiger partial charge < -0.3 is 0 Å². The third-order valence-electron chi connectivity index (χ3n) is 2.35. The number of allylic oxidation sites excluding steroid dienone is 1. The molecule has 0 amide bonds. The van der Waals surface area contributed by atoms with Crippen molar-refractivity contribution >= 4 is 0 Å². The van der Waals surface area contributed by atoms with Crippen LogP contribution >= 0.6 is 0 Å². The molecule has 0 saturated heterocycles. The highest BCUT2D eigenvalue weighted by atomic mass is 14.4. The Kier molecular flexibility index (Phi) is 2.52. The molecular weight excluding hydrogens is 134 g/mol. The fourth-order valence-electron chi connectivity index (χ4n) is 1.67. The molecule has 58 valence electrons. The molecule has 0 bridgehead atoms. The fraction of sp³-hybridized carbons (Fsp3) is 0.600. The van der Waals surface area contributed by atoms with Gasteiger partial charge in [-0.05, 0) is 18.9 Å². The van der Waals surface area contributed by atoms with E-state index in [1.807, 2.05) is 6.08 Å². The van der Waals surface area contributed by atoms with E-state index in [-0.39, 0.29) is 5.41 Å². The summed E-state index contributed by atoms with van der Waals surface area (Å²) >= 11 is 0. The zero-order chi connectivity index (χ0) is 8.16. The highest BCUT2D eigenvalue weighted by Crippen LogP contribution is 2.36. The standard InChI is InChI=1S/C10H13N/c1-2-6-10(9-11)7-4-3-5-8-10/h6H,1,3-5,7-8H2. The molecule has 1 rings (SSSR count). The summed E-state index contributed by atoms with van der Waals surface area (Å²) in [6.45, 7) is 3.52. The molecule has 0 aromatic heterocycles. The molecule has 11 heavy (non-hydrogen) atoms. The molecule has 1 aliphatic carbocycles. The van der Waals surface area contributed by atoms with Crippen molar-refractivity contribution in [3.8, 4) is 6.07 Å². The van der Waals surface area contributed by atoms with Crippen LogP contribution in [0.1, 0.15) is 32.1 Å². The van der Waals surface area contributed by atoms with E-state index in [1.54, 1.807) is 0 Å². The highest BCUT2D eigenvalue weighted by Gasteiger charge is 2.28. The van der Waals surface area contributed by atoms with Crippen LogP contribution in [-0.2, 0) is 0 Å². The van der Waals surface area contributed by atoms with Crippen molar-refractivity contribution in [2.45, 2.75) is 32.1 Å². The van der Waals surface area contributed by atoms with Crippen molar-refractivity contribution in [3.63, 3.8) is 0 Å². The third-order valence-corrected chi connectivity index (χ3v) is 2.35. The summed E-state index contributed by atoms with van der Waals surface area (Å²) in [7, 11) is 0. The molecule has 0 heterocycles. The van der Waals surface area contributed by atoms with Gasteiger partial charge in [0.25, 0.3) is 0 Å². The fourth-order valence-corrected chi connectivity index (χ4v) is 1.67. The lowest BCUT2D eigenvalue weighted by molar-refractivity contribution is 0.336. The highest BCUT2D eigenvalue weighted by molar-refractivity contribution is 5.12. The Morgan fingerprint density at radius 1 is 1.27 bits per heavy atom. The van der Waals surface area contributed by atoms with Crippen LogP contribution in [0.15, 0.2) is 18.4 Å². The molecule has 0 aromatic rings. The van der Waals surface area contributed by atoms with Gasteiger partial charge in [-0.2, -0.15) is 5.26 Å². The second-order valence-corrected chi connectivity index (χ2v) is 3.18. The largest absolute Gasteiger partial charge is 0.197 e. The Balaban J connectivity index is 2.74. The summed E-state index contributed by atoms with van der Waals surface area (Å²) in [5, 5.41) is 8.92. The van der Waals surface area contributed by atoms with Crippen molar-refractivity contribution in [2.24, 2.45) is 5.41 Å². The Bertz CT molecular complexity index is 210. The average Bonchev–Trinajstić information content (AvgIpc) is 2.07. The molecule has 1 heteroatoms. The maximum absolute atomic E-state index is 8.92. The molecule has 0 atom stereocenters. The van der Waals surface area contributed by atoms with Gasteiger partial charge in [-0.25, -0.2) is 0 Å². The molecule has 0 aromatic carbocycles. The van der Waals surface area contributed by atoms with E-state index in [0.29, 0.717) is 0 Å². The van der Waals surface area contributed by atoms with Gasteiger partial charge in [0.1, 0.15) is 0 Å². The first-order valence-electron chi connectivity index (χ1n) is 4.11. The van der Waals surface area contributed by atoms with Crippen LogP contribution in [-0.4, -0.2) is 0 Å². The number of hydrogen-bond acceptors (Lipinski definition) is 1. The molecule has 1 aliphatic rings. The summed E-state index contributed by atoms with van der Waals surface area (Å²) < 4.78 is 0. The second kappa shape index (κ2) is 3.42. The van der Waals surface area contributed by atoms with E-state index >= 15 is 0 Å². The van der Waals surface area contributed by atoms with Gasteiger partial charge in [-0.3, -0.25) is 0 Å². The minimum Gasteiger partial charge on any atom is -0.197 e. The Morgan fingerprint density at radius 3 is 2.36 bits per heavy atom. The lowest BCUT2D eigenvalue weighted by Gasteiger charge is -2.26. The van der Waals surface area contributed by atoms with Gasteiger partial charge in [0.2, 0.25) is 0 Å². The summed E-state index contributed by atoms with van der Waals surface area (Å²) in [4.78, 5) is 0. The number of rotatable bonds is 1. The molecule has 0 aliphatic heterocycles. The van der Waals surface area contributed by atoms with Crippen LogP contribution in [0.2, 0.25) is 0 Å². The van der Waals surface area contributed by atoms with Crippen molar-refractivity contribution in [2.75, 3.05) is 0 Å². The van der Waals surface area contributed by atoms with Gasteiger partial charge in [0.05, 0.1) is 11.5 Å². The smallest absolute Gasteiger partial charge is 0.0826 e. The van der Waals surface area contributed by atoms with Gasteiger partial charge in [0.15, 0.2) is 0 Å². The summed E-state index contributed by atoms with van der Waals surface area (Å²) in [5.41, 5.74) is 2.51. The van der Waals surface area contributed by atoms with Crippen LogP contribution in [0.5, 0.6) is 0 Å². The topological polar surface area (TPSA) is 23.8 Å². The molecular formula is C10H13N. The number of nitrogens with zero attached hydrogens (tertiary/aromatic N) is 1. The maximum atomic E-state index is 8.92. The predicted molar refractivity (Wildman–Crippen MR) is 44.8 cm³/mol. The molecule has 1 fully saturated rings. The second-order valence-electron chi connectivity index (χ2n) is 3.18. The summed E-state index contributed by atoms with van der Waals surface area (Å²) in [6, 6.07) is 2.36. The lowest BCUT2D eigenvalue weighted by Crippen LogP contribution is -2.18. The van der Waals surface area contributed by atoms with Crippen LogP contribution < -0.4 is 0 Å². The minimum atomic E-state index is -0.222. The molecule has 0 unspecified atom stereocenters. The molecule has 0 N–H and O–H groups in total. The average molecular weight is 147 g/mol. The summed E-state index contributed by atoms with van der Waals surface area (Å²) in [5.74, 6) is 0. The van der Waals surface area contributed by atoms with E-state index in [2.05, 4.69) is 18.4 Å². The molecule has 1 saturated carbocycles. The first kappa shape index (κ1) is 8.11. The van der Waals surface area contributed by atoms with E-state index in [0.717, 1.165) is 12.8 Å². The SMILES string of the molecule is C=C=CC1(C#N)CCCCC1. The van der Waals surface area contributed by atoms with Crippen LogP contribution in [0, 0.1) is 16.7 Å². The van der Waals surface area contributed by atoms with E-state index in [9.17, 15) is 0 Å². The summed E-state index contributed by atoms with van der Waals surface area (Å²) in [6.07, 6.45) is 7.44. The van der Waals surface area contributed by atoms with Crippen LogP contribution in [0.25, 0.3) is 0 Å².